The predicted molar refractivity (Wildman–Crippen MR) is 96.4 cm³/mol. The van der Waals surface area contributed by atoms with Crippen molar-refractivity contribution in [3.8, 4) is 0 Å². The van der Waals surface area contributed by atoms with Gasteiger partial charge in [0.15, 0.2) is 0 Å². The van der Waals surface area contributed by atoms with Crippen molar-refractivity contribution in [2.45, 2.75) is 46.3 Å². The molecule has 6 nitrogen and oxygen atoms in total. The third kappa shape index (κ3) is 3.73. The lowest BCUT2D eigenvalue weighted by atomic mass is 10.00. The minimum atomic E-state index is -0.542. The summed E-state index contributed by atoms with van der Waals surface area (Å²) in [5.41, 5.74) is 2.84. The monoisotopic (exact) mass is 341 g/mol. The second kappa shape index (κ2) is 6.35. The third-order valence-corrected chi connectivity index (χ3v) is 4.00. The highest BCUT2D eigenvalue weighted by atomic mass is 16.6. The van der Waals surface area contributed by atoms with E-state index in [1.165, 1.54) is 6.92 Å². The van der Waals surface area contributed by atoms with E-state index in [0.29, 0.717) is 19.5 Å². The third-order valence-electron chi connectivity index (χ3n) is 4.00. The van der Waals surface area contributed by atoms with Crippen LogP contribution in [0.4, 0.5) is 10.5 Å². The van der Waals surface area contributed by atoms with Gasteiger partial charge in [-0.25, -0.2) is 4.79 Å². The maximum atomic E-state index is 12.4. The molecule has 3 rings (SSSR count). The lowest BCUT2D eigenvalue weighted by Gasteiger charge is -2.32. The first-order chi connectivity index (χ1) is 11.7. The SMILES string of the molecule is CC(=O)Nc1c2c(nc3ccccc13)CCN(C(=O)OC(C)(C)C)C2. The fourth-order valence-electron chi connectivity index (χ4n) is 2.99. The van der Waals surface area contributed by atoms with Gasteiger partial charge in [0.25, 0.3) is 0 Å². The highest BCUT2D eigenvalue weighted by Gasteiger charge is 2.28. The minimum Gasteiger partial charge on any atom is -0.444 e. The molecule has 0 saturated carbocycles. The van der Waals surface area contributed by atoms with Crippen LogP contribution in [-0.4, -0.2) is 34.0 Å². The number of nitrogens with zero attached hydrogens (tertiary/aromatic N) is 2. The van der Waals surface area contributed by atoms with Crippen LogP contribution in [0.3, 0.4) is 0 Å². The number of benzene rings is 1. The Balaban J connectivity index is 2.01. The maximum absolute atomic E-state index is 12.4. The molecule has 0 unspecified atom stereocenters. The summed E-state index contributed by atoms with van der Waals surface area (Å²) in [5, 5.41) is 3.80. The Bertz CT molecular complexity index is 840. The molecule has 6 heteroatoms. The molecule has 0 aliphatic carbocycles. The van der Waals surface area contributed by atoms with Crippen molar-refractivity contribution in [2.75, 3.05) is 11.9 Å². The van der Waals surface area contributed by atoms with E-state index in [0.717, 1.165) is 27.8 Å². The van der Waals surface area contributed by atoms with Gasteiger partial charge in [-0.05, 0) is 26.8 Å². The van der Waals surface area contributed by atoms with Crippen LogP contribution in [0.25, 0.3) is 10.9 Å². The van der Waals surface area contributed by atoms with Gasteiger partial charge in [0.1, 0.15) is 5.60 Å². The standard InChI is InChI=1S/C19H23N3O3/c1-12(23)20-17-13-7-5-6-8-15(13)21-16-9-10-22(11-14(16)17)18(24)25-19(2,3)4/h5-8H,9-11H2,1-4H3,(H,20,21,23). The molecule has 1 aromatic heterocycles. The van der Waals surface area contributed by atoms with Crippen LogP contribution in [-0.2, 0) is 22.5 Å². The summed E-state index contributed by atoms with van der Waals surface area (Å²) in [6.07, 6.45) is 0.284. The Labute approximate surface area is 147 Å². The second-order valence-electron chi connectivity index (χ2n) is 7.26. The number of hydrogen-bond donors (Lipinski definition) is 1. The van der Waals surface area contributed by atoms with E-state index in [-0.39, 0.29) is 12.0 Å². The predicted octanol–water partition coefficient (Wildman–Crippen LogP) is 3.49. The Hall–Kier alpha value is -2.63. The highest BCUT2D eigenvalue weighted by Crippen LogP contribution is 2.32. The zero-order valence-electron chi connectivity index (χ0n) is 15.0. The summed E-state index contributed by atoms with van der Waals surface area (Å²) in [4.78, 5) is 30.5. The van der Waals surface area contributed by atoms with Crippen molar-refractivity contribution in [3.63, 3.8) is 0 Å². The zero-order valence-corrected chi connectivity index (χ0v) is 15.0. The Kier molecular flexibility index (Phi) is 4.37. The first-order valence-electron chi connectivity index (χ1n) is 8.40. The summed E-state index contributed by atoms with van der Waals surface area (Å²) < 4.78 is 5.48. The Morgan fingerprint density at radius 1 is 1.24 bits per heavy atom. The van der Waals surface area contributed by atoms with Crippen LogP contribution in [0.5, 0.6) is 0 Å². The largest absolute Gasteiger partial charge is 0.444 e. The second-order valence-corrected chi connectivity index (χ2v) is 7.26. The first kappa shape index (κ1) is 17.2. The van der Waals surface area contributed by atoms with E-state index in [2.05, 4.69) is 5.32 Å². The molecule has 2 aromatic rings. The van der Waals surface area contributed by atoms with Crippen LogP contribution >= 0.6 is 0 Å². The van der Waals surface area contributed by atoms with Gasteiger partial charge < -0.3 is 15.0 Å². The topological polar surface area (TPSA) is 71.5 Å². The number of pyridine rings is 1. The molecule has 0 atom stereocenters. The average Bonchev–Trinajstić information content (AvgIpc) is 2.52. The average molecular weight is 341 g/mol. The summed E-state index contributed by atoms with van der Waals surface area (Å²) in [6, 6.07) is 7.70. The van der Waals surface area contributed by atoms with Crippen molar-refractivity contribution < 1.29 is 14.3 Å². The smallest absolute Gasteiger partial charge is 0.410 e. The van der Waals surface area contributed by atoms with Gasteiger partial charge in [-0.3, -0.25) is 9.78 Å². The molecular formula is C19H23N3O3. The number of fused-ring (bicyclic) bond motifs is 2. The molecule has 1 aromatic carbocycles. The summed E-state index contributed by atoms with van der Waals surface area (Å²) in [5.74, 6) is -0.145. The lowest BCUT2D eigenvalue weighted by Crippen LogP contribution is -2.40. The van der Waals surface area contributed by atoms with Crippen LogP contribution in [0, 0.1) is 0 Å². The van der Waals surface area contributed by atoms with Gasteiger partial charge in [-0.2, -0.15) is 0 Å². The molecule has 25 heavy (non-hydrogen) atoms. The molecule has 2 amide bonds. The lowest BCUT2D eigenvalue weighted by molar-refractivity contribution is -0.114. The number of anilines is 1. The molecule has 132 valence electrons. The summed E-state index contributed by atoms with van der Waals surface area (Å²) in [6.45, 7) is 7.95. The van der Waals surface area contributed by atoms with Gasteiger partial charge >= 0.3 is 6.09 Å². The van der Waals surface area contributed by atoms with Gasteiger partial charge in [0, 0.05) is 36.5 Å². The molecule has 0 fully saturated rings. The van der Waals surface area contributed by atoms with E-state index in [1.807, 2.05) is 45.0 Å². The van der Waals surface area contributed by atoms with Gasteiger partial charge in [-0.1, -0.05) is 18.2 Å². The number of nitrogens with one attached hydrogen (secondary N) is 1. The van der Waals surface area contributed by atoms with E-state index >= 15 is 0 Å². The van der Waals surface area contributed by atoms with Gasteiger partial charge in [0.05, 0.1) is 17.7 Å². The van der Waals surface area contributed by atoms with E-state index in [9.17, 15) is 9.59 Å². The molecule has 0 saturated heterocycles. The zero-order chi connectivity index (χ0) is 18.2. The van der Waals surface area contributed by atoms with Crippen molar-refractivity contribution in [1.82, 2.24) is 9.88 Å². The Morgan fingerprint density at radius 2 is 1.96 bits per heavy atom. The van der Waals surface area contributed by atoms with Crippen LogP contribution in [0.2, 0.25) is 0 Å². The fraction of sp³-hybridized carbons (Fsp3) is 0.421. The summed E-state index contributed by atoms with van der Waals surface area (Å²) >= 11 is 0. The number of carbonyl (C=O) groups excluding carboxylic acids is 2. The van der Waals surface area contributed by atoms with Crippen molar-refractivity contribution >= 4 is 28.6 Å². The van der Waals surface area contributed by atoms with Crippen molar-refractivity contribution in [3.05, 3.63) is 35.5 Å². The molecule has 0 spiro atoms. The number of hydrogen-bond acceptors (Lipinski definition) is 4. The molecular weight excluding hydrogens is 318 g/mol. The number of aromatic nitrogens is 1. The van der Waals surface area contributed by atoms with Gasteiger partial charge in [-0.15, -0.1) is 0 Å². The Morgan fingerprint density at radius 3 is 2.64 bits per heavy atom. The van der Waals surface area contributed by atoms with E-state index in [1.54, 1.807) is 4.90 Å². The summed E-state index contributed by atoms with van der Waals surface area (Å²) in [7, 11) is 0. The highest BCUT2D eigenvalue weighted by molar-refractivity contribution is 6.02. The van der Waals surface area contributed by atoms with E-state index in [4.69, 9.17) is 9.72 Å². The van der Waals surface area contributed by atoms with Crippen molar-refractivity contribution in [2.24, 2.45) is 0 Å². The van der Waals surface area contributed by atoms with Gasteiger partial charge in [0.2, 0.25) is 5.91 Å². The fourth-order valence-corrected chi connectivity index (χ4v) is 2.99. The molecule has 1 aliphatic rings. The number of carbonyl (C=O) groups is 2. The quantitative estimate of drug-likeness (QED) is 0.862. The normalized spacial score (nSPS) is 14.2. The first-order valence-corrected chi connectivity index (χ1v) is 8.40. The van der Waals surface area contributed by atoms with E-state index < -0.39 is 5.60 Å². The molecule has 2 heterocycles. The minimum absolute atomic E-state index is 0.145. The maximum Gasteiger partial charge on any atom is 0.410 e. The van der Waals surface area contributed by atoms with Crippen LogP contribution in [0.15, 0.2) is 24.3 Å². The molecule has 0 bridgehead atoms. The number of ether oxygens (including phenoxy) is 1. The van der Waals surface area contributed by atoms with Crippen molar-refractivity contribution in [1.29, 1.82) is 0 Å². The number of rotatable bonds is 1. The molecule has 1 aliphatic heterocycles. The number of amides is 2. The van der Waals surface area contributed by atoms with Crippen LogP contribution < -0.4 is 5.32 Å². The van der Waals surface area contributed by atoms with Crippen LogP contribution in [0.1, 0.15) is 39.0 Å². The molecule has 1 N–H and O–H groups in total. The number of para-hydroxylation sites is 1. The molecule has 0 radical (unpaired) electrons.